The van der Waals surface area contributed by atoms with Crippen LogP contribution in [0.25, 0.3) is 6.08 Å². The number of hydrogen-bond acceptors (Lipinski definition) is 3. The average Bonchev–Trinajstić information content (AvgIpc) is 2.74. The van der Waals surface area contributed by atoms with E-state index in [4.69, 9.17) is 16.3 Å². The number of nitriles is 1. The lowest BCUT2D eigenvalue weighted by molar-refractivity contribution is -0.112. The van der Waals surface area contributed by atoms with Crippen LogP contribution in [0.3, 0.4) is 0 Å². The first-order valence-electron chi connectivity index (χ1n) is 8.81. The number of rotatable bonds is 6. The molecule has 0 spiro atoms. The lowest BCUT2D eigenvalue weighted by Crippen LogP contribution is -2.13. The maximum absolute atomic E-state index is 12.6. The molecule has 4 nitrogen and oxygen atoms in total. The molecule has 0 unspecified atom stereocenters. The second kappa shape index (κ2) is 10.4. The second-order valence-electron chi connectivity index (χ2n) is 6.17. The fourth-order valence-corrected chi connectivity index (χ4v) is 3.55. The Kier molecular flexibility index (Phi) is 7.69. The highest BCUT2D eigenvalue weighted by molar-refractivity contribution is 9.10. The number of ether oxygens (including phenoxy) is 1. The third-order valence-electron chi connectivity index (χ3n) is 4.10. The number of carbonyl (C=O) groups is 1. The van der Waals surface area contributed by atoms with E-state index in [0.29, 0.717) is 28.6 Å². The summed E-state index contributed by atoms with van der Waals surface area (Å²) in [6, 6.07) is 21.9. The normalized spacial score (nSPS) is 10.9. The van der Waals surface area contributed by atoms with Crippen LogP contribution in [0.4, 0.5) is 5.69 Å². The molecule has 3 aromatic rings. The van der Waals surface area contributed by atoms with Crippen molar-refractivity contribution in [3.8, 4) is 11.8 Å². The summed E-state index contributed by atoms with van der Waals surface area (Å²) < 4.78 is 7.70. The highest BCUT2D eigenvalue weighted by Gasteiger charge is 2.13. The summed E-state index contributed by atoms with van der Waals surface area (Å²) in [5.74, 6) is -0.00502. The Morgan fingerprint density at radius 1 is 1.10 bits per heavy atom. The second-order valence-corrected chi connectivity index (χ2v) is 8.34. The summed E-state index contributed by atoms with van der Waals surface area (Å²) in [7, 11) is 0. The van der Waals surface area contributed by atoms with Crippen LogP contribution >= 0.6 is 43.5 Å². The Hall–Kier alpha value is -2.59. The molecular weight excluding hydrogens is 532 g/mol. The molecule has 0 saturated heterocycles. The number of halogens is 3. The molecule has 3 aromatic carbocycles. The molecule has 7 heteroatoms. The number of hydrogen-bond donors (Lipinski definition) is 1. The van der Waals surface area contributed by atoms with Gasteiger partial charge in [-0.15, -0.1) is 0 Å². The highest BCUT2D eigenvalue weighted by Crippen LogP contribution is 2.28. The van der Waals surface area contributed by atoms with E-state index in [9.17, 15) is 10.1 Å². The van der Waals surface area contributed by atoms with Crippen LogP contribution in [-0.4, -0.2) is 5.91 Å². The van der Waals surface area contributed by atoms with Gasteiger partial charge in [0.15, 0.2) is 0 Å². The summed E-state index contributed by atoms with van der Waals surface area (Å²) >= 11 is 13.0. The molecule has 1 N–H and O–H groups in total. The van der Waals surface area contributed by atoms with Crippen LogP contribution < -0.4 is 10.1 Å². The van der Waals surface area contributed by atoms with Gasteiger partial charge in [0.1, 0.15) is 24.0 Å². The van der Waals surface area contributed by atoms with Gasteiger partial charge < -0.3 is 10.1 Å². The van der Waals surface area contributed by atoms with E-state index in [1.165, 1.54) is 6.08 Å². The maximum atomic E-state index is 12.6. The number of amides is 1. The highest BCUT2D eigenvalue weighted by atomic mass is 79.9. The van der Waals surface area contributed by atoms with Gasteiger partial charge in [-0.05, 0) is 42.5 Å². The fourth-order valence-electron chi connectivity index (χ4n) is 2.59. The topological polar surface area (TPSA) is 62.1 Å². The van der Waals surface area contributed by atoms with E-state index in [1.807, 2.05) is 36.4 Å². The number of nitrogens with zero attached hydrogens (tertiary/aromatic N) is 1. The van der Waals surface area contributed by atoms with Gasteiger partial charge in [0, 0.05) is 20.1 Å². The lowest BCUT2D eigenvalue weighted by atomic mass is 10.1. The number of nitrogens with one attached hydrogen (secondary N) is 1. The SMILES string of the molecule is N#C/C(=C\c1cc(Br)ccc1OCc1ccccc1Br)C(=O)Nc1ccccc1Cl. The van der Waals surface area contributed by atoms with Crippen LogP contribution in [0.5, 0.6) is 5.75 Å². The van der Waals surface area contributed by atoms with Gasteiger partial charge in [0.05, 0.1) is 10.7 Å². The Balaban J connectivity index is 1.86. The molecule has 0 saturated carbocycles. The monoisotopic (exact) mass is 544 g/mol. The minimum Gasteiger partial charge on any atom is -0.488 e. The third kappa shape index (κ3) is 5.73. The molecule has 0 bridgehead atoms. The molecule has 0 atom stereocenters. The smallest absolute Gasteiger partial charge is 0.266 e. The van der Waals surface area contributed by atoms with Gasteiger partial charge in [-0.3, -0.25) is 4.79 Å². The van der Waals surface area contributed by atoms with E-state index in [0.717, 1.165) is 14.5 Å². The van der Waals surface area contributed by atoms with Gasteiger partial charge in [-0.1, -0.05) is 73.8 Å². The molecule has 0 heterocycles. The third-order valence-corrected chi connectivity index (χ3v) is 5.70. The Bertz CT molecular complexity index is 1160. The summed E-state index contributed by atoms with van der Waals surface area (Å²) in [5, 5.41) is 12.6. The van der Waals surface area contributed by atoms with Crippen LogP contribution in [0.15, 0.2) is 81.2 Å². The lowest BCUT2D eigenvalue weighted by Gasteiger charge is -2.12. The van der Waals surface area contributed by atoms with Crippen LogP contribution in [0, 0.1) is 11.3 Å². The standard InChI is InChI=1S/C23H15Br2ClN2O2/c24-18-9-10-22(30-14-15-5-1-2-6-19(15)25)16(12-18)11-17(13-27)23(29)28-21-8-4-3-7-20(21)26/h1-12H,14H2,(H,28,29)/b17-11+. The number of carbonyl (C=O) groups excluding carboxylic acids is 1. The van der Waals surface area contributed by atoms with Gasteiger partial charge in [-0.2, -0.15) is 5.26 Å². The quantitative estimate of drug-likeness (QED) is 0.268. The van der Waals surface area contributed by atoms with Crippen molar-refractivity contribution in [2.45, 2.75) is 6.61 Å². The van der Waals surface area contributed by atoms with Crippen molar-refractivity contribution in [2.24, 2.45) is 0 Å². The first-order valence-corrected chi connectivity index (χ1v) is 10.8. The molecule has 0 aliphatic heterocycles. The molecule has 3 rings (SSSR count). The van der Waals surface area contributed by atoms with Crippen LogP contribution in [0.2, 0.25) is 5.02 Å². The van der Waals surface area contributed by atoms with E-state index in [1.54, 1.807) is 36.4 Å². The molecule has 30 heavy (non-hydrogen) atoms. The van der Waals surface area contributed by atoms with E-state index < -0.39 is 5.91 Å². The van der Waals surface area contributed by atoms with Crippen LogP contribution in [0.1, 0.15) is 11.1 Å². The molecule has 0 radical (unpaired) electrons. The minimum absolute atomic E-state index is 0.0706. The van der Waals surface area contributed by atoms with Crippen molar-refractivity contribution in [1.82, 2.24) is 0 Å². The zero-order chi connectivity index (χ0) is 21.5. The Morgan fingerprint density at radius 3 is 2.57 bits per heavy atom. The average molecular weight is 547 g/mol. The number of benzene rings is 3. The summed E-state index contributed by atoms with van der Waals surface area (Å²) in [6.07, 6.45) is 1.49. The van der Waals surface area contributed by atoms with E-state index >= 15 is 0 Å². The first-order chi connectivity index (χ1) is 14.5. The first kappa shape index (κ1) is 22.1. The molecule has 0 aromatic heterocycles. The summed E-state index contributed by atoms with van der Waals surface area (Å²) in [4.78, 5) is 12.6. The van der Waals surface area contributed by atoms with Crippen molar-refractivity contribution < 1.29 is 9.53 Å². The van der Waals surface area contributed by atoms with Crippen molar-refractivity contribution in [2.75, 3.05) is 5.32 Å². The minimum atomic E-state index is -0.553. The molecule has 0 aliphatic carbocycles. The van der Waals surface area contributed by atoms with Crippen molar-refractivity contribution in [1.29, 1.82) is 5.26 Å². The fraction of sp³-hybridized carbons (Fsp3) is 0.0435. The zero-order valence-corrected chi connectivity index (χ0v) is 19.5. The van der Waals surface area contributed by atoms with Gasteiger partial charge in [-0.25, -0.2) is 0 Å². The molecule has 1 amide bonds. The zero-order valence-electron chi connectivity index (χ0n) is 15.5. The van der Waals surface area contributed by atoms with Gasteiger partial charge in [0.25, 0.3) is 5.91 Å². The van der Waals surface area contributed by atoms with E-state index in [-0.39, 0.29) is 5.57 Å². The largest absolute Gasteiger partial charge is 0.488 e. The number of para-hydroxylation sites is 1. The van der Waals surface area contributed by atoms with E-state index in [2.05, 4.69) is 37.2 Å². The summed E-state index contributed by atoms with van der Waals surface area (Å²) in [5.41, 5.74) is 1.94. The molecular formula is C23H15Br2ClN2O2. The Labute approximate surface area is 196 Å². The van der Waals surface area contributed by atoms with Gasteiger partial charge in [0.2, 0.25) is 0 Å². The number of anilines is 1. The van der Waals surface area contributed by atoms with Crippen molar-refractivity contribution >= 4 is 61.1 Å². The van der Waals surface area contributed by atoms with Gasteiger partial charge >= 0.3 is 0 Å². The van der Waals surface area contributed by atoms with Crippen molar-refractivity contribution in [3.05, 3.63) is 97.4 Å². The summed E-state index contributed by atoms with van der Waals surface area (Å²) in [6.45, 7) is 0.331. The van der Waals surface area contributed by atoms with Crippen LogP contribution in [-0.2, 0) is 11.4 Å². The predicted octanol–water partition coefficient (Wildman–Crippen LogP) is 6.99. The molecule has 150 valence electrons. The Morgan fingerprint density at radius 2 is 1.83 bits per heavy atom. The maximum Gasteiger partial charge on any atom is 0.266 e. The predicted molar refractivity (Wildman–Crippen MR) is 126 cm³/mol. The molecule has 0 fully saturated rings. The van der Waals surface area contributed by atoms with Crippen molar-refractivity contribution in [3.63, 3.8) is 0 Å². The molecule has 0 aliphatic rings.